The van der Waals surface area contributed by atoms with Gasteiger partial charge in [0.2, 0.25) is 0 Å². The summed E-state index contributed by atoms with van der Waals surface area (Å²) in [6.45, 7) is 10.9. The van der Waals surface area contributed by atoms with Gasteiger partial charge in [0, 0.05) is 13.1 Å². The van der Waals surface area contributed by atoms with Crippen LogP contribution >= 0.6 is 0 Å². The van der Waals surface area contributed by atoms with E-state index in [0.29, 0.717) is 0 Å². The molecule has 2 fully saturated rings. The van der Waals surface area contributed by atoms with Gasteiger partial charge in [-0.1, -0.05) is 11.8 Å². The molecule has 2 rings (SSSR count). The molecule has 0 aromatic rings. The van der Waals surface area contributed by atoms with Crippen molar-refractivity contribution in [1.29, 1.82) is 0 Å². The molecule has 0 bridgehead atoms. The maximum atomic E-state index is 6.13. The first kappa shape index (κ1) is 13.9. The van der Waals surface area contributed by atoms with Gasteiger partial charge in [-0.05, 0) is 40.0 Å². The number of hydrogen-bond donors (Lipinski definition) is 0. The van der Waals surface area contributed by atoms with Crippen molar-refractivity contribution in [2.45, 2.75) is 51.2 Å². The first-order valence-corrected chi connectivity index (χ1v) is 6.99. The lowest BCUT2D eigenvalue weighted by atomic mass is 9.88. The monoisotopic (exact) mass is 251 g/mol. The van der Waals surface area contributed by atoms with Crippen LogP contribution in [0.3, 0.4) is 0 Å². The van der Waals surface area contributed by atoms with Crippen molar-refractivity contribution >= 4 is 0 Å². The van der Waals surface area contributed by atoms with E-state index in [0.717, 1.165) is 45.7 Å². The molecule has 2 aliphatic heterocycles. The van der Waals surface area contributed by atoms with Gasteiger partial charge in [0.15, 0.2) is 0 Å². The number of nitrogens with zero attached hydrogens (tertiary/aromatic N) is 1. The molecule has 1 unspecified atom stereocenters. The Kier molecular flexibility index (Phi) is 4.32. The third-order valence-corrected chi connectivity index (χ3v) is 3.69. The normalized spacial score (nSPS) is 32.6. The van der Waals surface area contributed by atoms with Gasteiger partial charge in [-0.3, -0.25) is 4.90 Å². The van der Waals surface area contributed by atoms with Crippen molar-refractivity contribution in [2.75, 3.05) is 32.8 Å². The Bertz CT molecular complexity index is 336. The molecule has 0 N–H and O–H groups in total. The van der Waals surface area contributed by atoms with Crippen LogP contribution in [0.25, 0.3) is 0 Å². The molecule has 0 spiro atoms. The number of rotatable bonds is 1. The van der Waals surface area contributed by atoms with Gasteiger partial charge in [0.25, 0.3) is 0 Å². The maximum Gasteiger partial charge on any atom is 0.126 e. The average Bonchev–Trinajstić information content (AvgIpc) is 2.28. The lowest BCUT2D eigenvalue weighted by Crippen LogP contribution is -2.42. The summed E-state index contributed by atoms with van der Waals surface area (Å²) < 4.78 is 11.5. The molecule has 2 saturated heterocycles. The minimum atomic E-state index is -0.256. The van der Waals surface area contributed by atoms with Crippen LogP contribution in [0.4, 0.5) is 0 Å². The quantitative estimate of drug-likeness (QED) is 0.666. The molecular weight excluding hydrogens is 226 g/mol. The zero-order valence-electron chi connectivity index (χ0n) is 11.9. The Hall–Kier alpha value is -0.560. The topological polar surface area (TPSA) is 21.7 Å². The van der Waals surface area contributed by atoms with Crippen molar-refractivity contribution in [1.82, 2.24) is 4.90 Å². The number of ether oxygens (including phenoxy) is 2. The second-order valence-corrected chi connectivity index (χ2v) is 6.14. The maximum absolute atomic E-state index is 6.13. The summed E-state index contributed by atoms with van der Waals surface area (Å²) in [6.07, 6.45) is 3.38. The van der Waals surface area contributed by atoms with Crippen LogP contribution < -0.4 is 0 Å². The van der Waals surface area contributed by atoms with Crippen LogP contribution in [0.5, 0.6) is 0 Å². The van der Waals surface area contributed by atoms with Crippen molar-refractivity contribution in [2.24, 2.45) is 0 Å². The van der Waals surface area contributed by atoms with Gasteiger partial charge < -0.3 is 9.47 Å². The van der Waals surface area contributed by atoms with Crippen LogP contribution in [-0.4, -0.2) is 49.0 Å². The Labute approximate surface area is 111 Å². The molecule has 3 nitrogen and oxygen atoms in total. The van der Waals surface area contributed by atoms with Crippen molar-refractivity contribution in [3.63, 3.8) is 0 Å². The molecule has 0 aromatic carbocycles. The highest BCUT2D eigenvalue weighted by Crippen LogP contribution is 2.34. The van der Waals surface area contributed by atoms with Gasteiger partial charge in [0.1, 0.15) is 5.60 Å². The van der Waals surface area contributed by atoms with Crippen LogP contribution in [0.2, 0.25) is 0 Å². The summed E-state index contributed by atoms with van der Waals surface area (Å²) in [5, 5.41) is 0. The number of hydrogen-bond acceptors (Lipinski definition) is 3. The lowest BCUT2D eigenvalue weighted by molar-refractivity contribution is -0.135. The first-order chi connectivity index (χ1) is 8.49. The highest BCUT2D eigenvalue weighted by molar-refractivity contribution is 5.15. The summed E-state index contributed by atoms with van der Waals surface area (Å²) in [5.74, 6) is 6.64. The van der Waals surface area contributed by atoms with Crippen LogP contribution in [0.1, 0.15) is 40.0 Å². The fraction of sp³-hybridized carbons (Fsp3) is 0.867. The zero-order chi connectivity index (χ0) is 13.1. The van der Waals surface area contributed by atoms with E-state index >= 15 is 0 Å². The number of morpholine rings is 1. The molecule has 18 heavy (non-hydrogen) atoms. The summed E-state index contributed by atoms with van der Waals surface area (Å²) in [7, 11) is 0. The molecule has 3 heteroatoms. The summed E-state index contributed by atoms with van der Waals surface area (Å²) >= 11 is 0. The van der Waals surface area contributed by atoms with E-state index in [1.54, 1.807) is 0 Å². The highest BCUT2D eigenvalue weighted by Gasteiger charge is 2.35. The largest absolute Gasteiger partial charge is 0.379 e. The van der Waals surface area contributed by atoms with Crippen molar-refractivity contribution in [3.05, 3.63) is 0 Å². The third kappa shape index (κ3) is 3.98. The molecular formula is C15H25NO2. The molecule has 2 aliphatic rings. The van der Waals surface area contributed by atoms with Gasteiger partial charge in [-0.15, -0.1) is 0 Å². The molecule has 0 saturated carbocycles. The molecule has 102 valence electrons. The Balaban J connectivity index is 1.87. The van der Waals surface area contributed by atoms with E-state index in [2.05, 4.69) is 37.5 Å². The SMILES string of the molecule is CC1(C)CCCC(C)(C#CCN2CCOCC2)O1. The molecule has 0 aliphatic carbocycles. The standard InChI is InChI=1S/C15H25NO2/c1-14(2)6-4-7-15(3,18-14)8-5-9-16-10-12-17-13-11-16/h4,6-7,9-13H2,1-3H3. The fourth-order valence-electron chi connectivity index (χ4n) is 2.75. The molecule has 0 radical (unpaired) electrons. The zero-order valence-corrected chi connectivity index (χ0v) is 11.9. The van der Waals surface area contributed by atoms with E-state index in [1.165, 1.54) is 6.42 Å². The summed E-state index contributed by atoms with van der Waals surface area (Å²) in [4.78, 5) is 2.34. The smallest absolute Gasteiger partial charge is 0.126 e. The van der Waals surface area contributed by atoms with Crippen molar-refractivity contribution < 1.29 is 9.47 Å². The predicted octanol–water partition coefficient (Wildman–Crippen LogP) is 2.06. The van der Waals surface area contributed by atoms with Gasteiger partial charge in [-0.25, -0.2) is 0 Å². The van der Waals surface area contributed by atoms with E-state index in [4.69, 9.17) is 9.47 Å². The van der Waals surface area contributed by atoms with E-state index in [9.17, 15) is 0 Å². The van der Waals surface area contributed by atoms with E-state index < -0.39 is 0 Å². The molecule has 0 amide bonds. The lowest BCUT2D eigenvalue weighted by Gasteiger charge is -2.40. The minimum absolute atomic E-state index is 0.0271. The third-order valence-electron chi connectivity index (χ3n) is 3.69. The minimum Gasteiger partial charge on any atom is -0.379 e. The fourth-order valence-corrected chi connectivity index (χ4v) is 2.75. The molecule has 2 heterocycles. The second-order valence-electron chi connectivity index (χ2n) is 6.14. The molecule has 1 atom stereocenters. The van der Waals surface area contributed by atoms with E-state index in [1.807, 2.05) is 0 Å². The van der Waals surface area contributed by atoms with Gasteiger partial charge in [0.05, 0.1) is 25.4 Å². The van der Waals surface area contributed by atoms with Crippen LogP contribution in [0, 0.1) is 11.8 Å². The van der Waals surface area contributed by atoms with Gasteiger partial charge in [-0.2, -0.15) is 0 Å². The second kappa shape index (κ2) is 5.61. The van der Waals surface area contributed by atoms with E-state index in [-0.39, 0.29) is 11.2 Å². The summed E-state index contributed by atoms with van der Waals surface area (Å²) in [5.41, 5.74) is -0.283. The van der Waals surface area contributed by atoms with Crippen LogP contribution in [0.15, 0.2) is 0 Å². The first-order valence-electron chi connectivity index (χ1n) is 6.99. The van der Waals surface area contributed by atoms with Gasteiger partial charge >= 0.3 is 0 Å². The predicted molar refractivity (Wildman–Crippen MR) is 72.5 cm³/mol. The average molecular weight is 251 g/mol. The summed E-state index contributed by atoms with van der Waals surface area (Å²) in [6, 6.07) is 0. The van der Waals surface area contributed by atoms with Crippen LogP contribution in [-0.2, 0) is 9.47 Å². The Morgan fingerprint density at radius 3 is 2.50 bits per heavy atom. The Morgan fingerprint density at radius 2 is 1.83 bits per heavy atom. The highest BCUT2D eigenvalue weighted by atomic mass is 16.5. The Morgan fingerprint density at radius 1 is 1.11 bits per heavy atom. The molecule has 0 aromatic heterocycles. The van der Waals surface area contributed by atoms with Crippen molar-refractivity contribution in [3.8, 4) is 11.8 Å².